The molecule has 220 valence electrons. The summed E-state index contributed by atoms with van der Waals surface area (Å²) in [6, 6.07) is 7.78. The average molecular weight is 563 g/mol. The number of imidazole rings is 1. The Labute approximate surface area is 232 Å². The van der Waals surface area contributed by atoms with Crippen molar-refractivity contribution in [3.63, 3.8) is 0 Å². The predicted octanol–water partition coefficient (Wildman–Crippen LogP) is -0.451. The maximum atomic E-state index is 12.2. The van der Waals surface area contributed by atoms with Gasteiger partial charge in [0.05, 0.1) is 30.8 Å². The van der Waals surface area contributed by atoms with Crippen LogP contribution in [0.25, 0.3) is 21.9 Å². The van der Waals surface area contributed by atoms with Crippen LogP contribution in [-0.4, -0.2) is 92.6 Å². The van der Waals surface area contributed by atoms with Crippen LogP contribution in [0.3, 0.4) is 0 Å². The maximum absolute atomic E-state index is 12.2. The van der Waals surface area contributed by atoms with Gasteiger partial charge in [-0.1, -0.05) is 18.2 Å². The number of nitrogen functional groups attached to an aromatic ring is 1. The van der Waals surface area contributed by atoms with Gasteiger partial charge in [0.15, 0.2) is 5.82 Å². The Kier molecular flexibility index (Phi) is 13.5. The summed E-state index contributed by atoms with van der Waals surface area (Å²) in [5.74, 6) is 0.468. The summed E-state index contributed by atoms with van der Waals surface area (Å²) in [5, 5.41) is 6.41. The number of fused-ring (bicyclic) bond motifs is 3. The van der Waals surface area contributed by atoms with E-state index in [1.807, 2.05) is 31.2 Å². The van der Waals surface area contributed by atoms with Crippen molar-refractivity contribution in [3.05, 3.63) is 30.1 Å². The number of benzene rings is 1. The number of anilines is 1. The second kappa shape index (κ2) is 17.3. The number of rotatable bonds is 20. The van der Waals surface area contributed by atoms with Crippen LogP contribution in [0.15, 0.2) is 24.3 Å². The van der Waals surface area contributed by atoms with Gasteiger partial charge >= 0.3 is 0 Å². The second-order valence-electron chi connectivity index (χ2n) is 8.68. The van der Waals surface area contributed by atoms with Crippen molar-refractivity contribution in [2.45, 2.75) is 26.5 Å². The van der Waals surface area contributed by atoms with Crippen molar-refractivity contribution in [2.75, 3.05) is 72.0 Å². The number of para-hydroxylation sites is 1. The lowest BCUT2D eigenvalue weighted by Gasteiger charge is -2.12. The van der Waals surface area contributed by atoms with Gasteiger partial charge in [-0.2, -0.15) is 0 Å². The van der Waals surface area contributed by atoms with E-state index in [9.17, 15) is 9.59 Å². The van der Waals surface area contributed by atoms with E-state index in [0.717, 1.165) is 22.2 Å². The van der Waals surface area contributed by atoms with Crippen LogP contribution in [0.4, 0.5) is 5.82 Å². The van der Waals surface area contributed by atoms with Crippen LogP contribution in [-0.2, 0) is 46.4 Å². The van der Waals surface area contributed by atoms with Gasteiger partial charge in [0.2, 0.25) is 11.8 Å². The minimum Gasteiger partial charge on any atom is -0.382 e. The molecule has 0 spiro atoms. The fourth-order valence-corrected chi connectivity index (χ4v) is 3.89. The fraction of sp³-hybridized carbons (Fsp3) is 0.538. The van der Waals surface area contributed by atoms with E-state index in [-0.39, 0.29) is 45.2 Å². The van der Waals surface area contributed by atoms with Crippen molar-refractivity contribution < 1.29 is 39.0 Å². The molecule has 0 fully saturated rings. The largest absolute Gasteiger partial charge is 0.382 e. The number of nitrogens with one attached hydrogen (secondary N) is 2. The number of aryl methyl sites for hydroxylation is 1. The van der Waals surface area contributed by atoms with Crippen LogP contribution in [0.2, 0.25) is 0 Å². The third-order valence-electron chi connectivity index (χ3n) is 5.66. The van der Waals surface area contributed by atoms with Crippen molar-refractivity contribution in [1.82, 2.24) is 25.2 Å². The number of hydrogen-bond acceptors (Lipinski definition) is 10. The number of carbonyl (C=O) groups excluding carboxylic acids is 2. The van der Waals surface area contributed by atoms with E-state index in [4.69, 9.17) is 34.4 Å². The number of carbonyl (C=O) groups is 2. The zero-order valence-electron chi connectivity index (χ0n) is 23.0. The zero-order chi connectivity index (χ0) is 28.6. The lowest BCUT2D eigenvalue weighted by atomic mass is 10.2. The molecule has 0 saturated carbocycles. The Balaban J connectivity index is 1.37. The molecule has 0 aliphatic carbocycles. The Morgan fingerprint density at radius 1 is 0.950 bits per heavy atom. The van der Waals surface area contributed by atoms with Gasteiger partial charge in [-0.05, 0) is 19.4 Å². The first-order valence-corrected chi connectivity index (χ1v) is 13.3. The molecule has 7 N–H and O–H groups in total. The summed E-state index contributed by atoms with van der Waals surface area (Å²) < 4.78 is 28.3. The van der Waals surface area contributed by atoms with Gasteiger partial charge in [0, 0.05) is 31.6 Å². The normalized spacial score (nSPS) is 11.3. The molecule has 2 amide bonds. The second-order valence-corrected chi connectivity index (χ2v) is 8.68. The third kappa shape index (κ3) is 9.66. The minimum atomic E-state index is -0.342. The van der Waals surface area contributed by atoms with Gasteiger partial charge in [0.1, 0.15) is 44.7 Å². The Morgan fingerprint density at radius 2 is 1.68 bits per heavy atom. The lowest BCUT2D eigenvalue weighted by molar-refractivity contribution is -0.376. The lowest BCUT2D eigenvalue weighted by Crippen LogP contribution is -2.52. The molecule has 0 saturated heterocycles. The van der Waals surface area contributed by atoms with Crippen LogP contribution in [0.5, 0.6) is 0 Å². The van der Waals surface area contributed by atoms with Gasteiger partial charge in [-0.25, -0.2) is 9.97 Å². The number of nitrogens with zero attached hydrogens (tertiary/aromatic N) is 3. The van der Waals surface area contributed by atoms with E-state index in [0.29, 0.717) is 63.8 Å². The number of nitrogens with two attached hydrogens (primary N) is 1. The van der Waals surface area contributed by atoms with Crippen LogP contribution in [0, 0.1) is 0 Å². The molecular weight excluding hydrogens is 522 g/mol. The Morgan fingerprint density at radius 3 is 2.42 bits per heavy atom. The molecule has 0 radical (unpaired) electrons. The number of aromatic nitrogens is 3. The van der Waals surface area contributed by atoms with E-state index < -0.39 is 0 Å². The molecule has 3 aromatic rings. The smallest absolute Gasteiger partial charge is 0.246 e. The van der Waals surface area contributed by atoms with Crippen molar-refractivity contribution in [2.24, 2.45) is 0 Å². The topological polar surface area (TPSA) is 189 Å². The monoisotopic (exact) mass is 562 g/mol. The molecule has 14 heteroatoms. The number of ether oxygens (including phenoxy) is 5. The molecule has 0 atom stereocenters. The first kappa shape index (κ1) is 31.1. The summed E-state index contributed by atoms with van der Waals surface area (Å²) in [6.45, 7) is 5.35. The van der Waals surface area contributed by atoms with E-state index >= 15 is 0 Å². The van der Waals surface area contributed by atoms with Crippen molar-refractivity contribution in [3.8, 4) is 0 Å². The number of hydrogen-bond donors (Lipinski definition) is 4. The molecule has 3 rings (SSSR count). The molecule has 1 aromatic carbocycles. The minimum absolute atomic E-state index is 0.0659. The Hall–Kier alpha value is -3.40. The average Bonchev–Trinajstić information content (AvgIpc) is 3.32. The number of amides is 2. The molecule has 2 heterocycles. The molecule has 2 aromatic heterocycles. The standard InChI is InChI=1S/C26H39N7O7/c1-2-36-14-21-32-24-25(19-6-3-4-7-20(19)31-26(24)28)33(21)11-5-9-29-22(34)15-39-16-23(35)30-10-13-38-18-40-17-37-12-8-27/h3-4,6-7H,2,5,8-18,27H2,1H3,(H2,28,31)(H,29,34)(H,30,35)/p+1. The SMILES string of the molecule is CCOCc1nc2c(N)nc3ccccc3c2n1CCCNC(=O)COCC(=O)NCCOCOCOCC[NH3+]. The van der Waals surface area contributed by atoms with E-state index in [1.165, 1.54) is 0 Å². The van der Waals surface area contributed by atoms with E-state index in [2.05, 4.69) is 25.9 Å². The highest BCUT2D eigenvalue weighted by atomic mass is 16.7. The van der Waals surface area contributed by atoms with Gasteiger partial charge in [0.25, 0.3) is 0 Å². The van der Waals surface area contributed by atoms with Crippen molar-refractivity contribution in [1.29, 1.82) is 0 Å². The fourth-order valence-electron chi connectivity index (χ4n) is 3.89. The molecule has 0 bridgehead atoms. The predicted molar refractivity (Wildman–Crippen MR) is 147 cm³/mol. The molecule has 14 nitrogen and oxygen atoms in total. The van der Waals surface area contributed by atoms with Crippen LogP contribution >= 0.6 is 0 Å². The van der Waals surface area contributed by atoms with Gasteiger partial charge in [-0.15, -0.1) is 0 Å². The molecule has 0 aliphatic rings. The summed E-state index contributed by atoms with van der Waals surface area (Å²) in [4.78, 5) is 33.2. The summed E-state index contributed by atoms with van der Waals surface area (Å²) in [6.07, 6.45) is 0.638. The van der Waals surface area contributed by atoms with Crippen LogP contribution < -0.4 is 22.1 Å². The van der Waals surface area contributed by atoms with Gasteiger partial charge < -0.3 is 50.4 Å². The quantitative estimate of drug-likeness (QED) is 0.104. The highest BCUT2D eigenvalue weighted by Crippen LogP contribution is 2.29. The molecule has 40 heavy (non-hydrogen) atoms. The first-order chi connectivity index (χ1) is 19.5. The molecular formula is C26H40N7O7+. The number of pyridine rings is 1. The van der Waals surface area contributed by atoms with Crippen LogP contribution in [0.1, 0.15) is 19.2 Å². The summed E-state index contributed by atoms with van der Waals surface area (Å²) in [5.41, 5.74) is 12.2. The number of quaternary nitrogens is 1. The van der Waals surface area contributed by atoms with Gasteiger partial charge in [-0.3, -0.25) is 9.59 Å². The summed E-state index contributed by atoms with van der Waals surface area (Å²) >= 11 is 0. The zero-order valence-corrected chi connectivity index (χ0v) is 23.0. The maximum Gasteiger partial charge on any atom is 0.246 e. The summed E-state index contributed by atoms with van der Waals surface area (Å²) in [7, 11) is 0. The Bertz CT molecular complexity index is 1220. The molecule has 0 aliphatic heterocycles. The third-order valence-corrected chi connectivity index (χ3v) is 5.66. The van der Waals surface area contributed by atoms with Crippen molar-refractivity contribution >= 4 is 39.6 Å². The molecule has 0 unspecified atom stereocenters. The first-order valence-electron chi connectivity index (χ1n) is 13.3. The van der Waals surface area contributed by atoms with E-state index in [1.54, 1.807) is 0 Å². The highest BCUT2D eigenvalue weighted by Gasteiger charge is 2.17. The highest BCUT2D eigenvalue weighted by molar-refractivity contribution is 6.06.